The monoisotopic (exact) mass is 285 g/mol. The van der Waals surface area contributed by atoms with Crippen molar-refractivity contribution in [2.45, 2.75) is 19.8 Å². The first-order valence-electron chi connectivity index (χ1n) is 7.48. The molecule has 0 radical (unpaired) electrons. The lowest BCUT2D eigenvalue weighted by Crippen LogP contribution is -2.40. The summed E-state index contributed by atoms with van der Waals surface area (Å²) in [7, 11) is 2.19. The van der Waals surface area contributed by atoms with E-state index in [2.05, 4.69) is 34.2 Å². The molecular formula is C16H23N5. The summed E-state index contributed by atoms with van der Waals surface area (Å²) in [4.78, 5) is 11.1. The molecule has 1 aliphatic rings. The first-order chi connectivity index (χ1) is 10.1. The Bertz CT molecular complexity index is 632. The molecule has 5 nitrogen and oxygen atoms in total. The molecule has 2 aromatic rings. The molecule has 0 atom stereocenters. The minimum absolute atomic E-state index is 0.331. The number of fused-ring (bicyclic) bond motifs is 1. The van der Waals surface area contributed by atoms with Crippen LogP contribution in [-0.2, 0) is 0 Å². The summed E-state index contributed by atoms with van der Waals surface area (Å²) < 4.78 is 0. The molecule has 3 N–H and O–H groups in total. The van der Waals surface area contributed by atoms with E-state index in [1.807, 2.05) is 18.2 Å². The van der Waals surface area contributed by atoms with Crippen molar-refractivity contribution < 1.29 is 0 Å². The maximum Gasteiger partial charge on any atom is 0.137 e. The second-order valence-electron chi connectivity index (χ2n) is 6.47. The Morgan fingerprint density at radius 3 is 2.81 bits per heavy atom. The summed E-state index contributed by atoms with van der Waals surface area (Å²) in [5.41, 5.74) is 7.77. The molecule has 1 aromatic heterocycles. The number of piperidine rings is 1. The van der Waals surface area contributed by atoms with Gasteiger partial charge in [0.25, 0.3) is 0 Å². The number of nitrogens with one attached hydrogen (secondary N) is 1. The average molecular weight is 285 g/mol. The number of rotatable bonds is 3. The van der Waals surface area contributed by atoms with Crippen LogP contribution in [0.5, 0.6) is 0 Å². The van der Waals surface area contributed by atoms with Gasteiger partial charge in [0, 0.05) is 17.6 Å². The SMILES string of the molecule is CN1CCC(C)(CNc2ncnc3cc(N)ccc23)CC1. The molecule has 1 fully saturated rings. The summed E-state index contributed by atoms with van der Waals surface area (Å²) in [6.45, 7) is 5.63. The molecule has 0 saturated carbocycles. The highest BCUT2D eigenvalue weighted by Crippen LogP contribution is 2.31. The van der Waals surface area contributed by atoms with Gasteiger partial charge in [-0.3, -0.25) is 0 Å². The molecule has 21 heavy (non-hydrogen) atoms. The number of nitrogens with two attached hydrogens (primary N) is 1. The van der Waals surface area contributed by atoms with Gasteiger partial charge in [-0.2, -0.15) is 0 Å². The number of nitrogen functional groups attached to an aromatic ring is 1. The fourth-order valence-electron chi connectivity index (χ4n) is 2.85. The van der Waals surface area contributed by atoms with Crippen molar-refractivity contribution in [2.24, 2.45) is 5.41 Å². The van der Waals surface area contributed by atoms with Crippen LogP contribution in [0.2, 0.25) is 0 Å². The molecule has 2 heterocycles. The van der Waals surface area contributed by atoms with Crippen molar-refractivity contribution in [3.8, 4) is 0 Å². The Balaban J connectivity index is 1.76. The number of nitrogens with zero attached hydrogens (tertiary/aromatic N) is 3. The van der Waals surface area contributed by atoms with Crippen LogP contribution in [0.15, 0.2) is 24.5 Å². The van der Waals surface area contributed by atoms with E-state index in [4.69, 9.17) is 5.73 Å². The Kier molecular flexibility index (Phi) is 3.68. The van der Waals surface area contributed by atoms with E-state index in [1.165, 1.54) is 25.9 Å². The van der Waals surface area contributed by atoms with Gasteiger partial charge in [-0.05, 0) is 56.6 Å². The third-order valence-corrected chi connectivity index (χ3v) is 4.54. The van der Waals surface area contributed by atoms with E-state index in [0.717, 1.165) is 29.0 Å². The Hall–Kier alpha value is -1.88. The van der Waals surface area contributed by atoms with Gasteiger partial charge in [0.2, 0.25) is 0 Å². The van der Waals surface area contributed by atoms with Gasteiger partial charge in [0.05, 0.1) is 5.52 Å². The molecule has 0 unspecified atom stereocenters. The summed E-state index contributed by atoms with van der Waals surface area (Å²) in [6.07, 6.45) is 4.03. The van der Waals surface area contributed by atoms with E-state index < -0.39 is 0 Å². The predicted molar refractivity (Wildman–Crippen MR) is 87.3 cm³/mol. The largest absolute Gasteiger partial charge is 0.399 e. The molecule has 112 valence electrons. The van der Waals surface area contributed by atoms with Crippen LogP contribution in [0.4, 0.5) is 11.5 Å². The quantitative estimate of drug-likeness (QED) is 0.847. The zero-order chi connectivity index (χ0) is 14.9. The van der Waals surface area contributed by atoms with Crippen molar-refractivity contribution in [2.75, 3.05) is 37.7 Å². The van der Waals surface area contributed by atoms with E-state index in [1.54, 1.807) is 6.33 Å². The lowest BCUT2D eigenvalue weighted by molar-refractivity contribution is 0.150. The number of benzene rings is 1. The minimum atomic E-state index is 0.331. The Morgan fingerprint density at radius 2 is 2.05 bits per heavy atom. The van der Waals surface area contributed by atoms with Crippen LogP contribution < -0.4 is 11.1 Å². The maximum absolute atomic E-state index is 5.81. The molecule has 1 aliphatic heterocycles. The van der Waals surface area contributed by atoms with Crippen LogP contribution in [-0.4, -0.2) is 41.5 Å². The van der Waals surface area contributed by atoms with Gasteiger partial charge in [0.1, 0.15) is 12.1 Å². The normalized spacial score (nSPS) is 18.8. The lowest BCUT2D eigenvalue weighted by Gasteiger charge is -2.38. The Morgan fingerprint density at radius 1 is 1.29 bits per heavy atom. The van der Waals surface area contributed by atoms with Crippen molar-refractivity contribution in [1.29, 1.82) is 0 Å². The van der Waals surface area contributed by atoms with Gasteiger partial charge in [-0.25, -0.2) is 9.97 Å². The van der Waals surface area contributed by atoms with Gasteiger partial charge in [-0.15, -0.1) is 0 Å². The number of hydrogen-bond donors (Lipinski definition) is 2. The standard InChI is InChI=1S/C16H23N5/c1-16(5-7-21(2)8-6-16)10-18-15-13-4-3-12(17)9-14(13)19-11-20-15/h3-4,9,11H,5-8,10,17H2,1-2H3,(H,18,19,20). The van der Waals surface area contributed by atoms with Gasteiger partial charge < -0.3 is 16.0 Å². The second-order valence-corrected chi connectivity index (χ2v) is 6.47. The smallest absolute Gasteiger partial charge is 0.137 e. The van der Waals surface area contributed by atoms with Gasteiger partial charge in [0.15, 0.2) is 0 Å². The van der Waals surface area contributed by atoms with Crippen LogP contribution in [0, 0.1) is 5.41 Å². The van der Waals surface area contributed by atoms with E-state index >= 15 is 0 Å². The highest BCUT2D eigenvalue weighted by atomic mass is 15.1. The zero-order valence-corrected chi connectivity index (χ0v) is 12.8. The number of anilines is 2. The van der Waals surface area contributed by atoms with Crippen LogP contribution in [0.3, 0.4) is 0 Å². The number of aromatic nitrogens is 2. The van der Waals surface area contributed by atoms with Crippen molar-refractivity contribution in [3.05, 3.63) is 24.5 Å². The molecule has 1 aromatic carbocycles. The average Bonchev–Trinajstić information content (AvgIpc) is 2.48. The van der Waals surface area contributed by atoms with Gasteiger partial charge in [-0.1, -0.05) is 6.92 Å². The molecule has 1 saturated heterocycles. The highest BCUT2D eigenvalue weighted by molar-refractivity contribution is 5.90. The molecule has 0 spiro atoms. The lowest BCUT2D eigenvalue weighted by atomic mass is 9.80. The van der Waals surface area contributed by atoms with Crippen molar-refractivity contribution >= 4 is 22.4 Å². The van der Waals surface area contributed by atoms with Crippen LogP contribution >= 0.6 is 0 Å². The Labute approximate surface area is 125 Å². The van der Waals surface area contributed by atoms with Crippen molar-refractivity contribution in [3.63, 3.8) is 0 Å². The second kappa shape index (κ2) is 5.48. The summed E-state index contributed by atoms with van der Waals surface area (Å²) in [5.74, 6) is 0.903. The number of hydrogen-bond acceptors (Lipinski definition) is 5. The van der Waals surface area contributed by atoms with Crippen LogP contribution in [0.1, 0.15) is 19.8 Å². The highest BCUT2D eigenvalue weighted by Gasteiger charge is 2.28. The third kappa shape index (κ3) is 3.08. The fourth-order valence-corrected chi connectivity index (χ4v) is 2.85. The third-order valence-electron chi connectivity index (χ3n) is 4.54. The van der Waals surface area contributed by atoms with E-state index in [0.29, 0.717) is 5.41 Å². The molecule has 3 rings (SSSR count). The first kappa shape index (κ1) is 14.1. The van der Waals surface area contributed by atoms with E-state index in [-0.39, 0.29) is 0 Å². The fraction of sp³-hybridized carbons (Fsp3) is 0.500. The summed E-state index contributed by atoms with van der Waals surface area (Å²) in [6, 6.07) is 5.78. The predicted octanol–water partition coefficient (Wildman–Crippen LogP) is 2.36. The number of likely N-dealkylation sites (tertiary alicyclic amines) is 1. The first-order valence-corrected chi connectivity index (χ1v) is 7.48. The zero-order valence-electron chi connectivity index (χ0n) is 12.8. The summed E-state index contributed by atoms with van der Waals surface area (Å²) in [5, 5.41) is 4.55. The molecular weight excluding hydrogens is 262 g/mol. The topological polar surface area (TPSA) is 67.1 Å². The molecule has 0 bridgehead atoms. The van der Waals surface area contributed by atoms with Crippen LogP contribution in [0.25, 0.3) is 10.9 Å². The molecule has 0 amide bonds. The molecule has 0 aliphatic carbocycles. The van der Waals surface area contributed by atoms with E-state index in [9.17, 15) is 0 Å². The molecule has 5 heteroatoms. The van der Waals surface area contributed by atoms with Gasteiger partial charge >= 0.3 is 0 Å². The van der Waals surface area contributed by atoms with Crippen molar-refractivity contribution in [1.82, 2.24) is 14.9 Å². The minimum Gasteiger partial charge on any atom is -0.399 e. The maximum atomic E-state index is 5.81. The summed E-state index contributed by atoms with van der Waals surface area (Å²) >= 11 is 0.